The summed E-state index contributed by atoms with van der Waals surface area (Å²) >= 11 is 0. The van der Waals surface area contributed by atoms with Gasteiger partial charge in [0.25, 0.3) is 11.7 Å². The van der Waals surface area contributed by atoms with E-state index in [-0.39, 0.29) is 11.9 Å². The van der Waals surface area contributed by atoms with Gasteiger partial charge >= 0.3 is 0 Å². The van der Waals surface area contributed by atoms with E-state index >= 15 is 0 Å². The van der Waals surface area contributed by atoms with E-state index in [4.69, 9.17) is 9.47 Å². The van der Waals surface area contributed by atoms with Crippen molar-refractivity contribution in [3.05, 3.63) is 48.2 Å². The number of rotatable bonds is 4. The Morgan fingerprint density at radius 3 is 2.68 bits per heavy atom. The van der Waals surface area contributed by atoms with Gasteiger partial charge in [0.05, 0.1) is 25.5 Å². The summed E-state index contributed by atoms with van der Waals surface area (Å²) in [5, 5.41) is 0. The number of aromatic amines is 1. The molecular weight excluding hydrogens is 392 g/mol. The highest BCUT2D eigenvalue weighted by molar-refractivity contribution is 5.78. The first kappa shape index (κ1) is 20.1. The van der Waals surface area contributed by atoms with E-state index in [0.717, 1.165) is 74.9 Å². The Morgan fingerprint density at radius 2 is 1.87 bits per heavy atom. The molecule has 0 aliphatic carbocycles. The fourth-order valence-electron chi connectivity index (χ4n) is 4.94. The molecule has 164 valence electrons. The number of carbonyl (C=O) groups is 1. The van der Waals surface area contributed by atoms with Crippen LogP contribution in [0.3, 0.4) is 0 Å². The molecule has 1 amide bonds. The predicted octanol–water partition coefficient (Wildman–Crippen LogP) is 0.731. The normalized spacial score (nSPS) is 21.7. The second-order valence-electron chi connectivity index (χ2n) is 8.66. The standard InChI is InChI=1S/C24H30N4O3/c29-24(18-26-11-13-27(14-12-26)23-6-1-2-9-25-23)28-10-3-5-20(28)19-7-8-21-22(17-19)31-16-4-15-30-21/h1-2,6-9,17,20H,3-5,10-16,18H2/p+2/t20-/m0/s1. The molecule has 1 atom stereocenters. The summed E-state index contributed by atoms with van der Waals surface area (Å²) in [6, 6.07) is 12.5. The van der Waals surface area contributed by atoms with Gasteiger partial charge in [-0.2, -0.15) is 0 Å². The first-order valence-corrected chi connectivity index (χ1v) is 11.5. The van der Waals surface area contributed by atoms with Crippen molar-refractivity contribution in [1.82, 2.24) is 4.90 Å². The van der Waals surface area contributed by atoms with Crippen molar-refractivity contribution >= 4 is 11.7 Å². The van der Waals surface area contributed by atoms with E-state index in [1.54, 1.807) is 0 Å². The summed E-state index contributed by atoms with van der Waals surface area (Å²) in [5.74, 6) is 3.05. The maximum atomic E-state index is 13.2. The molecule has 1 aromatic carbocycles. The largest absolute Gasteiger partial charge is 0.490 e. The summed E-state index contributed by atoms with van der Waals surface area (Å²) < 4.78 is 11.6. The lowest BCUT2D eigenvalue weighted by molar-refractivity contribution is -0.892. The van der Waals surface area contributed by atoms with Crippen LogP contribution in [0.25, 0.3) is 0 Å². The topological polar surface area (TPSA) is 60.6 Å². The zero-order valence-electron chi connectivity index (χ0n) is 18.0. The molecule has 7 heteroatoms. The molecular formula is C24H32N4O3+2. The Labute approximate surface area is 183 Å². The number of H-pyrrole nitrogens is 1. The second kappa shape index (κ2) is 9.14. The molecule has 0 saturated carbocycles. The lowest BCUT2D eigenvalue weighted by Crippen LogP contribution is -3.16. The Morgan fingerprint density at radius 1 is 1.03 bits per heavy atom. The molecule has 2 aromatic rings. The lowest BCUT2D eigenvalue weighted by atomic mass is 10.0. The van der Waals surface area contributed by atoms with Crippen LogP contribution in [0.2, 0.25) is 0 Å². The number of quaternary nitrogens is 1. The molecule has 0 bridgehead atoms. The van der Waals surface area contributed by atoms with E-state index in [1.807, 2.05) is 18.3 Å². The third-order valence-corrected chi connectivity index (χ3v) is 6.63. The fraction of sp³-hybridized carbons (Fsp3) is 0.500. The first-order valence-electron chi connectivity index (χ1n) is 11.5. The molecule has 3 aliphatic heterocycles. The van der Waals surface area contributed by atoms with E-state index in [2.05, 4.69) is 39.0 Å². The van der Waals surface area contributed by atoms with Crippen molar-refractivity contribution in [2.75, 3.05) is 57.4 Å². The Hall–Kier alpha value is -2.80. The predicted molar refractivity (Wildman–Crippen MR) is 117 cm³/mol. The van der Waals surface area contributed by atoms with Crippen LogP contribution in [0.5, 0.6) is 11.5 Å². The SMILES string of the molecule is O=C(C[NH+]1CCN(c2cccc[nH+]2)CC1)N1CCC[C@H]1c1ccc2c(c1)OCCCO2. The average Bonchev–Trinajstić information content (AvgIpc) is 3.19. The number of nitrogens with one attached hydrogen (secondary N) is 2. The highest BCUT2D eigenvalue weighted by atomic mass is 16.5. The van der Waals surface area contributed by atoms with Crippen molar-refractivity contribution in [2.45, 2.75) is 25.3 Å². The molecule has 0 unspecified atom stereocenters. The van der Waals surface area contributed by atoms with E-state index < -0.39 is 0 Å². The number of hydrogen-bond acceptors (Lipinski definition) is 4. The monoisotopic (exact) mass is 424 g/mol. The van der Waals surface area contributed by atoms with E-state index in [9.17, 15) is 4.79 Å². The Kier molecular flexibility index (Phi) is 5.93. The van der Waals surface area contributed by atoms with E-state index in [0.29, 0.717) is 19.8 Å². The number of nitrogens with zero attached hydrogens (tertiary/aromatic N) is 2. The van der Waals surface area contributed by atoms with Crippen molar-refractivity contribution in [1.29, 1.82) is 0 Å². The molecule has 2 fully saturated rings. The van der Waals surface area contributed by atoms with Crippen LogP contribution in [-0.2, 0) is 4.79 Å². The minimum Gasteiger partial charge on any atom is -0.490 e. The van der Waals surface area contributed by atoms with Gasteiger partial charge in [0.15, 0.2) is 18.0 Å². The highest BCUT2D eigenvalue weighted by Crippen LogP contribution is 2.37. The number of pyridine rings is 1. The van der Waals surface area contributed by atoms with Gasteiger partial charge in [-0.1, -0.05) is 12.1 Å². The zero-order valence-corrected chi connectivity index (χ0v) is 18.0. The van der Waals surface area contributed by atoms with Gasteiger partial charge in [-0.25, -0.2) is 4.98 Å². The van der Waals surface area contributed by atoms with Gasteiger partial charge in [0.1, 0.15) is 26.2 Å². The molecule has 1 aromatic heterocycles. The Bertz CT molecular complexity index is 899. The number of piperazine rings is 1. The number of hydrogen-bond donors (Lipinski definition) is 1. The number of fused-ring (bicyclic) bond motifs is 1. The van der Waals surface area contributed by atoms with Crippen LogP contribution >= 0.6 is 0 Å². The molecule has 4 heterocycles. The van der Waals surface area contributed by atoms with Crippen LogP contribution in [0.1, 0.15) is 30.9 Å². The molecule has 31 heavy (non-hydrogen) atoms. The van der Waals surface area contributed by atoms with Crippen molar-refractivity contribution in [2.24, 2.45) is 0 Å². The molecule has 0 spiro atoms. The fourth-order valence-corrected chi connectivity index (χ4v) is 4.94. The van der Waals surface area contributed by atoms with Crippen molar-refractivity contribution < 1.29 is 24.2 Å². The minimum atomic E-state index is 0.143. The quantitative estimate of drug-likeness (QED) is 0.786. The molecule has 5 rings (SSSR count). The number of amides is 1. The van der Waals surface area contributed by atoms with Crippen LogP contribution in [-0.4, -0.2) is 63.3 Å². The maximum Gasteiger partial charge on any atom is 0.278 e. The molecule has 0 radical (unpaired) electrons. The summed E-state index contributed by atoms with van der Waals surface area (Å²) in [5.41, 5.74) is 1.16. The van der Waals surface area contributed by atoms with Crippen LogP contribution in [0.4, 0.5) is 5.82 Å². The highest BCUT2D eigenvalue weighted by Gasteiger charge is 2.34. The molecule has 3 aliphatic rings. The van der Waals surface area contributed by atoms with Crippen LogP contribution in [0.15, 0.2) is 42.6 Å². The number of carbonyl (C=O) groups excluding carboxylic acids is 1. The van der Waals surface area contributed by atoms with Crippen LogP contribution in [0, 0.1) is 0 Å². The minimum absolute atomic E-state index is 0.143. The van der Waals surface area contributed by atoms with Crippen molar-refractivity contribution in [3.8, 4) is 11.5 Å². The lowest BCUT2D eigenvalue weighted by Gasteiger charge is -2.31. The first-order chi connectivity index (χ1) is 15.3. The zero-order chi connectivity index (χ0) is 21.0. The molecule has 2 N–H and O–H groups in total. The van der Waals surface area contributed by atoms with Gasteiger partial charge < -0.3 is 19.3 Å². The smallest absolute Gasteiger partial charge is 0.278 e. The number of aromatic nitrogens is 1. The number of benzene rings is 1. The maximum absolute atomic E-state index is 13.2. The van der Waals surface area contributed by atoms with Crippen LogP contribution < -0.4 is 24.3 Å². The summed E-state index contributed by atoms with van der Waals surface area (Å²) in [6.45, 7) is 6.69. The van der Waals surface area contributed by atoms with Gasteiger partial charge in [0.2, 0.25) is 0 Å². The third-order valence-electron chi connectivity index (χ3n) is 6.63. The summed E-state index contributed by atoms with van der Waals surface area (Å²) in [4.78, 5) is 22.4. The summed E-state index contributed by atoms with van der Waals surface area (Å²) in [7, 11) is 0. The van der Waals surface area contributed by atoms with Gasteiger partial charge in [-0.15, -0.1) is 0 Å². The number of anilines is 1. The molecule has 7 nitrogen and oxygen atoms in total. The average molecular weight is 425 g/mol. The number of ether oxygens (including phenoxy) is 2. The summed E-state index contributed by atoms with van der Waals surface area (Å²) in [6.07, 6.45) is 4.93. The van der Waals surface area contributed by atoms with Gasteiger partial charge in [-0.3, -0.25) is 9.69 Å². The third kappa shape index (κ3) is 4.46. The second-order valence-corrected chi connectivity index (χ2v) is 8.66. The van der Waals surface area contributed by atoms with Crippen molar-refractivity contribution in [3.63, 3.8) is 0 Å². The molecule has 2 saturated heterocycles. The number of likely N-dealkylation sites (tertiary alicyclic amines) is 1. The van der Waals surface area contributed by atoms with E-state index in [1.165, 1.54) is 4.90 Å². The Balaban J connectivity index is 1.20. The van der Waals surface area contributed by atoms with Gasteiger partial charge in [-0.05, 0) is 36.6 Å². The van der Waals surface area contributed by atoms with Gasteiger partial charge in [0, 0.05) is 19.0 Å².